The molecule has 67 heavy (non-hydrogen) atoms. The fourth-order valence-corrected chi connectivity index (χ4v) is 9.22. The number of hydrogen-bond acceptors (Lipinski definition) is 2. The SMILES string of the molecule is [2H]c1c([2H])c([2H])c(-c2cccc(-c3cc(-c4ccccc4)cc(C(C)(C)C)c3)c2-[n+]2[c-]n(-c3[c-]c(Cc4[c-]c5c(cc4)c4ccccc4n5-c4cc5ccoc5cn4)ccc3)c3ccccc32)c([2H])c1[2H].[Pt]. The summed E-state index contributed by atoms with van der Waals surface area (Å²) in [6.45, 7) is 6.59. The molecule has 0 radical (unpaired) electrons. The minimum absolute atomic E-state index is 0. The van der Waals surface area contributed by atoms with Gasteiger partial charge in [0, 0.05) is 32.0 Å². The first-order valence-electron chi connectivity index (χ1n) is 24.6. The van der Waals surface area contributed by atoms with E-state index in [4.69, 9.17) is 13.5 Å². The maximum Gasteiger partial charge on any atom is 0.268 e. The molecule has 0 bridgehead atoms. The van der Waals surface area contributed by atoms with Crippen LogP contribution in [0.15, 0.2) is 205 Å². The summed E-state index contributed by atoms with van der Waals surface area (Å²) in [7, 11) is 0. The molecule has 12 rings (SSSR count). The van der Waals surface area contributed by atoms with E-state index in [1.807, 2.05) is 100 Å². The second-order valence-corrected chi connectivity index (χ2v) is 17.7. The third-order valence-electron chi connectivity index (χ3n) is 12.5. The van der Waals surface area contributed by atoms with E-state index in [1.165, 1.54) is 0 Å². The predicted molar refractivity (Wildman–Crippen MR) is 267 cm³/mol. The van der Waals surface area contributed by atoms with Crippen LogP contribution in [0.1, 0.15) is 44.3 Å². The molecule has 0 aliphatic carbocycles. The second kappa shape index (κ2) is 17.0. The summed E-state index contributed by atoms with van der Waals surface area (Å²) >= 11 is 0. The van der Waals surface area contributed by atoms with Crippen LogP contribution in [-0.2, 0) is 32.9 Å². The zero-order chi connectivity index (χ0) is 48.7. The first-order chi connectivity index (χ1) is 34.4. The molecular weight excluding hydrogens is 1000 g/mol. The van der Waals surface area contributed by atoms with E-state index in [-0.39, 0.29) is 44.1 Å². The van der Waals surface area contributed by atoms with Gasteiger partial charge in [-0.15, -0.1) is 5.39 Å². The minimum atomic E-state index is -0.442. The Labute approximate surface area is 411 Å². The molecule has 0 unspecified atom stereocenters. The van der Waals surface area contributed by atoms with Crippen molar-refractivity contribution in [3.8, 4) is 50.6 Å². The normalized spacial score (nSPS) is 12.8. The monoisotopic (exact) mass is 1050 g/mol. The third-order valence-corrected chi connectivity index (χ3v) is 12.5. The third kappa shape index (κ3) is 7.60. The van der Waals surface area contributed by atoms with Gasteiger partial charge >= 0.3 is 0 Å². The number of benzene rings is 8. The quantitative estimate of drug-likeness (QED) is 0.112. The molecule has 8 aromatic carbocycles. The van der Waals surface area contributed by atoms with E-state index < -0.39 is 18.1 Å². The fourth-order valence-electron chi connectivity index (χ4n) is 9.22. The van der Waals surface area contributed by atoms with Gasteiger partial charge in [0.25, 0.3) is 6.33 Å². The van der Waals surface area contributed by atoms with Gasteiger partial charge in [-0.2, -0.15) is 53.6 Å². The zero-order valence-corrected chi connectivity index (χ0v) is 39.2. The summed E-state index contributed by atoms with van der Waals surface area (Å²) in [6.07, 6.45) is 7.70. The Morgan fingerprint density at radius 2 is 1.37 bits per heavy atom. The zero-order valence-electron chi connectivity index (χ0n) is 41.9. The Kier molecular flexibility index (Phi) is 9.29. The summed E-state index contributed by atoms with van der Waals surface area (Å²) in [5.41, 5.74) is 13.0. The van der Waals surface area contributed by atoms with Crippen LogP contribution in [0.5, 0.6) is 0 Å². The maximum absolute atomic E-state index is 9.23. The van der Waals surface area contributed by atoms with Crippen LogP contribution < -0.4 is 4.57 Å². The summed E-state index contributed by atoms with van der Waals surface area (Å²) in [5.74, 6) is 0.783. The summed E-state index contributed by atoms with van der Waals surface area (Å²) in [6, 6.07) is 59.2. The van der Waals surface area contributed by atoms with Crippen molar-refractivity contribution >= 4 is 43.8 Å². The van der Waals surface area contributed by atoms with E-state index in [9.17, 15) is 2.74 Å². The van der Waals surface area contributed by atoms with Crippen molar-refractivity contribution < 1.29 is 36.9 Å². The van der Waals surface area contributed by atoms with Gasteiger partial charge in [-0.3, -0.25) is 4.57 Å². The van der Waals surface area contributed by atoms with Crippen molar-refractivity contribution in [1.29, 1.82) is 0 Å². The van der Waals surface area contributed by atoms with Crippen LogP contribution in [0.3, 0.4) is 0 Å². The van der Waals surface area contributed by atoms with Crippen LogP contribution in [0.2, 0.25) is 0 Å². The molecule has 326 valence electrons. The number of furan rings is 1. The summed E-state index contributed by atoms with van der Waals surface area (Å²) < 4.78 is 56.2. The van der Waals surface area contributed by atoms with E-state index in [0.717, 1.165) is 94.3 Å². The molecule has 0 atom stereocenters. The van der Waals surface area contributed by atoms with Gasteiger partial charge in [-0.25, -0.2) is 4.98 Å². The van der Waals surface area contributed by atoms with Crippen molar-refractivity contribution in [2.24, 2.45) is 0 Å². The number of aromatic nitrogens is 4. The van der Waals surface area contributed by atoms with E-state index in [0.29, 0.717) is 17.7 Å². The van der Waals surface area contributed by atoms with Gasteiger partial charge < -0.3 is 13.6 Å². The van der Waals surface area contributed by atoms with Crippen LogP contribution in [0.25, 0.3) is 94.4 Å². The molecule has 0 saturated carbocycles. The molecule has 6 heteroatoms. The number of imidazole rings is 1. The second-order valence-electron chi connectivity index (χ2n) is 17.7. The smallest absolute Gasteiger partial charge is 0.268 e. The van der Waals surface area contributed by atoms with Gasteiger partial charge in [0.2, 0.25) is 0 Å². The largest absolute Gasteiger partial charge is 0.463 e. The molecule has 0 amide bonds. The summed E-state index contributed by atoms with van der Waals surface area (Å²) in [5, 5.41) is 3.17. The Bertz CT molecular complexity index is 4070. The van der Waals surface area contributed by atoms with Crippen molar-refractivity contribution in [1.82, 2.24) is 14.1 Å². The number of rotatable bonds is 8. The van der Waals surface area contributed by atoms with Crippen molar-refractivity contribution in [2.45, 2.75) is 32.6 Å². The average molecular weight is 1050 g/mol. The number of fused-ring (bicyclic) bond motifs is 5. The molecule has 0 saturated heterocycles. The van der Waals surface area contributed by atoms with Crippen molar-refractivity contribution in [3.63, 3.8) is 0 Å². The average Bonchev–Trinajstić information content (AvgIpc) is 4.11. The first kappa shape index (κ1) is 36.6. The van der Waals surface area contributed by atoms with Crippen LogP contribution in [0.4, 0.5) is 0 Å². The molecule has 0 aliphatic rings. The fraction of sp³-hybridized carbons (Fsp3) is 0.0820. The molecule has 4 aromatic heterocycles. The van der Waals surface area contributed by atoms with Gasteiger partial charge in [-0.1, -0.05) is 160 Å². The number of nitrogens with zero attached hydrogens (tertiary/aromatic N) is 4. The molecule has 12 aromatic rings. The van der Waals surface area contributed by atoms with Gasteiger partial charge in [0.05, 0.1) is 36.0 Å². The predicted octanol–water partition coefficient (Wildman–Crippen LogP) is 14.4. The van der Waals surface area contributed by atoms with Crippen molar-refractivity contribution in [2.75, 3.05) is 0 Å². The van der Waals surface area contributed by atoms with E-state index >= 15 is 0 Å². The Balaban J connectivity index is 0.00000560. The van der Waals surface area contributed by atoms with E-state index in [1.54, 1.807) is 12.5 Å². The number of pyridine rings is 1. The maximum atomic E-state index is 9.23. The standard InChI is InChI=1S/C61H44N4O.Pt/c1-61(2,3)48-36-46(43-17-6-4-7-18-43)35-47(37-48)51-24-15-23-50(44-19-8-5-9-20-44)60(51)64-40-63(55-26-12-13-27-56(55)64)49-21-14-16-41(33-49)32-42-28-29-53-52-22-10-11-25-54(52)65(57(53)34-42)59-38-45-30-31-66-58(45)39-62-59;/h4-31,35-39H,32H2,1-3H3;/q-2;/i5D,8D,9D,19D,20D;. The minimum Gasteiger partial charge on any atom is -0.463 e. The molecule has 0 aliphatic heterocycles. The Morgan fingerprint density at radius 3 is 2.21 bits per heavy atom. The van der Waals surface area contributed by atoms with Gasteiger partial charge in [-0.05, 0) is 86.1 Å². The molecule has 0 fully saturated rings. The molecule has 0 spiro atoms. The van der Waals surface area contributed by atoms with Crippen LogP contribution >= 0.6 is 0 Å². The molecule has 0 N–H and O–H groups in total. The van der Waals surface area contributed by atoms with Gasteiger partial charge in [0.15, 0.2) is 5.58 Å². The molecular formula is C61H44N4OPt-2. The van der Waals surface area contributed by atoms with Crippen LogP contribution in [0, 0.1) is 18.5 Å². The van der Waals surface area contributed by atoms with E-state index in [2.05, 4.69) is 111 Å². The number of hydrogen-bond donors (Lipinski definition) is 0. The van der Waals surface area contributed by atoms with Gasteiger partial charge in [0.1, 0.15) is 5.82 Å². The van der Waals surface area contributed by atoms with Crippen LogP contribution in [-0.4, -0.2) is 14.1 Å². The Morgan fingerprint density at radius 1 is 0.642 bits per heavy atom. The topological polar surface area (TPSA) is 39.8 Å². The molecule has 5 nitrogen and oxygen atoms in total. The Hall–Kier alpha value is -7.59. The molecule has 4 heterocycles. The summed E-state index contributed by atoms with van der Waals surface area (Å²) in [4.78, 5) is 4.82. The van der Waals surface area contributed by atoms with Crippen molar-refractivity contribution in [3.05, 3.63) is 236 Å². The number of para-hydroxylation sites is 4. The first-order valence-corrected chi connectivity index (χ1v) is 22.1.